The number of ether oxygens (including phenoxy) is 2. The number of nitrogens with one attached hydrogen (secondary N) is 1. The third-order valence-electron chi connectivity index (χ3n) is 3.06. The van der Waals surface area contributed by atoms with Crippen LogP contribution in [0.3, 0.4) is 0 Å². The summed E-state index contributed by atoms with van der Waals surface area (Å²) in [5.74, 6) is 0. The van der Waals surface area contributed by atoms with Gasteiger partial charge in [0.2, 0.25) is 0 Å². The summed E-state index contributed by atoms with van der Waals surface area (Å²) in [6, 6.07) is 1.12. The molecule has 3 N–H and O–H groups in total. The number of aliphatic hydroxyl groups excluding tert-OH is 1. The molecule has 10 nitrogen and oxygen atoms in total. The van der Waals surface area contributed by atoms with Crippen LogP contribution in [0.25, 0.3) is 0 Å². The highest BCUT2D eigenvalue weighted by Gasteiger charge is 2.46. The maximum Gasteiger partial charge on any atom is 0.694 e. The fourth-order valence-corrected chi connectivity index (χ4v) is 2.37. The zero-order valence-electron chi connectivity index (χ0n) is 10.9. The van der Waals surface area contributed by atoms with E-state index in [0.29, 0.717) is 0 Å². The lowest BCUT2D eigenvalue weighted by atomic mass is 10.1. The second kappa shape index (κ2) is 6.56. The fourth-order valence-electron chi connectivity index (χ4n) is 2.10. The molecule has 1 saturated heterocycles. The van der Waals surface area contributed by atoms with Crippen LogP contribution in [0.2, 0.25) is 0 Å². The maximum atomic E-state index is 11.7. The lowest BCUT2D eigenvalue weighted by Gasteiger charge is -2.19. The van der Waals surface area contributed by atoms with Gasteiger partial charge in [0.05, 0.1) is 0 Å². The molecule has 1 aromatic heterocycles. The van der Waals surface area contributed by atoms with Gasteiger partial charge >= 0.3 is 13.9 Å². The van der Waals surface area contributed by atoms with E-state index in [9.17, 15) is 19.3 Å². The van der Waals surface area contributed by atoms with Crippen molar-refractivity contribution in [3.05, 3.63) is 33.1 Å². The van der Waals surface area contributed by atoms with Gasteiger partial charge in [-0.05, 0) is 0 Å². The van der Waals surface area contributed by atoms with Gasteiger partial charge in [-0.15, -0.1) is 9.42 Å². The first-order valence-electron chi connectivity index (χ1n) is 5.91. The first-order valence-corrected chi connectivity index (χ1v) is 7.04. The number of hydrogen-bond acceptors (Lipinski definition) is 7. The van der Waals surface area contributed by atoms with Crippen LogP contribution >= 0.6 is 8.25 Å². The molecule has 0 saturated carbocycles. The lowest BCUT2D eigenvalue weighted by Crippen LogP contribution is -2.38. The minimum Gasteiger partial charge on any atom is -0.387 e. The lowest BCUT2D eigenvalue weighted by molar-refractivity contribution is -0.0604. The van der Waals surface area contributed by atoms with E-state index in [4.69, 9.17) is 14.4 Å². The van der Waals surface area contributed by atoms with Gasteiger partial charge in [0.1, 0.15) is 24.9 Å². The molecule has 0 spiro atoms. The number of aromatic amines is 1. The summed E-state index contributed by atoms with van der Waals surface area (Å²) in [6.45, 7) is -0.346. The molecule has 5 unspecified atom stereocenters. The Kier molecular flexibility index (Phi) is 4.99. The fraction of sp³-hybridized carbons (Fsp3) is 0.600. The van der Waals surface area contributed by atoms with Crippen molar-refractivity contribution < 1.29 is 28.6 Å². The minimum absolute atomic E-state index is 0.346. The minimum atomic E-state index is -2.83. The second-order valence-corrected chi connectivity index (χ2v) is 5.04. The summed E-state index contributed by atoms with van der Waals surface area (Å²) in [4.78, 5) is 33.4. The molecule has 2 rings (SSSR count). The molecule has 1 aliphatic heterocycles. The normalized spacial score (nSPS) is 29.6. The molecule has 5 atom stereocenters. The van der Waals surface area contributed by atoms with Crippen molar-refractivity contribution in [3.8, 4) is 0 Å². The molecule has 11 heteroatoms. The molecule has 1 aromatic rings. The first-order chi connectivity index (χ1) is 9.93. The molecule has 0 radical (unpaired) electrons. The van der Waals surface area contributed by atoms with Gasteiger partial charge in [-0.1, -0.05) is 0 Å². The summed E-state index contributed by atoms with van der Waals surface area (Å²) >= 11 is 0. The predicted molar refractivity (Wildman–Crippen MR) is 67.8 cm³/mol. The Labute approximate surface area is 118 Å². The zero-order valence-corrected chi connectivity index (χ0v) is 11.8. The molecule has 0 aromatic carbocycles. The molecule has 0 aliphatic carbocycles. The summed E-state index contributed by atoms with van der Waals surface area (Å²) in [5.41, 5.74) is -1.29. The Hall–Kier alpha value is -1.42. The van der Waals surface area contributed by atoms with E-state index in [1.165, 1.54) is 13.3 Å². The predicted octanol–water partition coefficient (Wildman–Crippen LogP) is -1.52. The third-order valence-corrected chi connectivity index (χ3v) is 3.43. The van der Waals surface area contributed by atoms with Crippen LogP contribution in [0.4, 0.5) is 0 Å². The monoisotopic (exact) mass is 321 g/mol. The Balaban J connectivity index is 2.24. The SMILES string of the molecule is COC1C(O)C(CO[P+](=O)O)OC1n1ccc(=O)[nH]c1=O. The second-order valence-electron chi connectivity index (χ2n) is 4.31. The molecule has 1 fully saturated rings. The highest BCUT2D eigenvalue weighted by Crippen LogP contribution is 2.31. The van der Waals surface area contributed by atoms with Crippen molar-refractivity contribution in [2.24, 2.45) is 0 Å². The van der Waals surface area contributed by atoms with Crippen molar-refractivity contribution in [3.63, 3.8) is 0 Å². The standard InChI is InChI=1S/C10H13N2O8P/c1-18-8-7(14)5(4-19-21(16)17)20-9(8)12-3-2-6(13)11-10(12)15/h2-3,5,7-9,14H,4H2,1H3,(H-,11,13,15,16,17)/p+1. The van der Waals surface area contributed by atoms with E-state index in [1.807, 2.05) is 0 Å². The summed E-state index contributed by atoms with van der Waals surface area (Å²) in [6.07, 6.45) is -2.82. The van der Waals surface area contributed by atoms with Crippen LogP contribution in [0.5, 0.6) is 0 Å². The van der Waals surface area contributed by atoms with E-state index in [2.05, 4.69) is 9.51 Å². The van der Waals surface area contributed by atoms with Gasteiger partial charge in [-0.2, -0.15) is 0 Å². The van der Waals surface area contributed by atoms with E-state index in [0.717, 1.165) is 10.6 Å². The highest BCUT2D eigenvalue weighted by atomic mass is 31.1. The Bertz CT molecular complexity index is 628. The van der Waals surface area contributed by atoms with Crippen molar-refractivity contribution in [2.75, 3.05) is 13.7 Å². The number of methoxy groups -OCH3 is 1. The van der Waals surface area contributed by atoms with Gasteiger partial charge in [-0.25, -0.2) is 4.79 Å². The van der Waals surface area contributed by atoms with Crippen LogP contribution in [-0.4, -0.2) is 51.6 Å². The van der Waals surface area contributed by atoms with Crippen molar-refractivity contribution in [2.45, 2.75) is 24.5 Å². The topological polar surface area (TPSA) is 140 Å². The third kappa shape index (κ3) is 3.43. The maximum absolute atomic E-state index is 11.7. The van der Waals surface area contributed by atoms with E-state index >= 15 is 0 Å². The number of rotatable bonds is 5. The van der Waals surface area contributed by atoms with Crippen molar-refractivity contribution >= 4 is 8.25 Å². The quantitative estimate of drug-likeness (QED) is 0.555. The largest absolute Gasteiger partial charge is 0.694 e. The molecule has 1 aliphatic rings. The molecule has 0 bridgehead atoms. The molecule has 0 amide bonds. The van der Waals surface area contributed by atoms with Crippen molar-refractivity contribution in [1.29, 1.82) is 0 Å². The number of H-pyrrole nitrogens is 1. The van der Waals surface area contributed by atoms with E-state index in [1.54, 1.807) is 0 Å². The molecular weight excluding hydrogens is 307 g/mol. The average Bonchev–Trinajstić information content (AvgIpc) is 2.72. The number of aliphatic hydroxyl groups is 1. The average molecular weight is 321 g/mol. The van der Waals surface area contributed by atoms with Crippen LogP contribution in [0, 0.1) is 0 Å². The smallest absolute Gasteiger partial charge is 0.387 e. The van der Waals surface area contributed by atoms with E-state index in [-0.39, 0.29) is 6.61 Å². The molecule has 2 heterocycles. The number of aromatic nitrogens is 2. The first kappa shape index (κ1) is 16.0. The van der Waals surface area contributed by atoms with Crippen LogP contribution in [-0.2, 0) is 18.6 Å². The van der Waals surface area contributed by atoms with Gasteiger partial charge in [0, 0.05) is 23.9 Å². The Morgan fingerprint density at radius 1 is 1.52 bits per heavy atom. The highest BCUT2D eigenvalue weighted by molar-refractivity contribution is 7.32. The summed E-state index contributed by atoms with van der Waals surface area (Å²) < 4.78 is 26.6. The van der Waals surface area contributed by atoms with Gasteiger partial charge < -0.3 is 14.6 Å². The zero-order chi connectivity index (χ0) is 15.6. The van der Waals surface area contributed by atoms with Gasteiger partial charge in [0.15, 0.2) is 6.23 Å². The summed E-state index contributed by atoms with van der Waals surface area (Å²) in [5, 5.41) is 10.0. The van der Waals surface area contributed by atoms with Crippen LogP contribution < -0.4 is 11.2 Å². The van der Waals surface area contributed by atoms with Crippen molar-refractivity contribution in [1.82, 2.24) is 9.55 Å². The Morgan fingerprint density at radius 2 is 2.24 bits per heavy atom. The number of hydrogen-bond donors (Lipinski definition) is 3. The molecule has 21 heavy (non-hydrogen) atoms. The number of nitrogens with zero attached hydrogens (tertiary/aromatic N) is 1. The van der Waals surface area contributed by atoms with Crippen LogP contribution in [0.15, 0.2) is 21.9 Å². The Morgan fingerprint density at radius 3 is 2.81 bits per heavy atom. The molecule has 116 valence electrons. The van der Waals surface area contributed by atoms with Crippen LogP contribution in [0.1, 0.15) is 6.23 Å². The summed E-state index contributed by atoms with van der Waals surface area (Å²) in [7, 11) is -1.52. The van der Waals surface area contributed by atoms with Gasteiger partial charge in [-0.3, -0.25) is 14.3 Å². The van der Waals surface area contributed by atoms with Gasteiger partial charge in [0.25, 0.3) is 5.56 Å². The van der Waals surface area contributed by atoms with E-state index < -0.39 is 44.0 Å². The molecular formula is C10H14N2O8P+.